The topological polar surface area (TPSA) is 49.4 Å². The van der Waals surface area contributed by atoms with Gasteiger partial charge in [0.2, 0.25) is 0 Å². The summed E-state index contributed by atoms with van der Waals surface area (Å²) in [6.45, 7) is 0. The molecule has 0 saturated heterocycles. The van der Waals surface area contributed by atoms with E-state index in [1.807, 2.05) is 0 Å². The molecule has 0 aliphatic heterocycles. The van der Waals surface area contributed by atoms with Gasteiger partial charge in [0.1, 0.15) is 5.75 Å². The Labute approximate surface area is 88.8 Å². The number of ether oxygens (including phenoxy) is 1. The van der Waals surface area contributed by atoms with Crippen molar-refractivity contribution in [3.8, 4) is 5.75 Å². The molecular weight excluding hydrogens is 225 g/mol. The molecule has 1 aromatic carbocycles. The summed E-state index contributed by atoms with van der Waals surface area (Å²) in [6.07, 6.45) is -2.76. The zero-order valence-electron chi connectivity index (χ0n) is 7.82. The maximum atomic E-state index is 11.8. The Morgan fingerprint density at radius 2 is 1.81 bits per heavy atom. The molecule has 0 aliphatic carbocycles. The van der Waals surface area contributed by atoms with Crippen LogP contribution >= 0.6 is 0 Å². The van der Waals surface area contributed by atoms with E-state index in [4.69, 9.17) is 0 Å². The average Bonchev–Trinajstić information content (AvgIpc) is 2.14. The summed E-state index contributed by atoms with van der Waals surface area (Å²) in [5.41, 5.74) is 0.429. The van der Waals surface area contributed by atoms with E-state index in [0.717, 1.165) is 18.2 Å². The van der Waals surface area contributed by atoms with Crippen LogP contribution in [0.3, 0.4) is 0 Å². The van der Waals surface area contributed by atoms with Crippen molar-refractivity contribution in [2.75, 3.05) is 0 Å². The highest BCUT2D eigenvalue weighted by atomic mass is 19.4. The average molecular weight is 231 g/mol. The molecule has 1 aromatic rings. The van der Waals surface area contributed by atoms with Gasteiger partial charge in [-0.2, -0.15) is 0 Å². The van der Waals surface area contributed by atoms with Crippen molar-refractivity contribution in [3.05, 3.63) is 35.9 Å². The lowest BCUT2D eigenvalue weighted by atomic mass is 10.2. The largest absolute Gasteiger partial charge is 0.573 e. The molecule has 0 N–H and O–H groups in total. The van der Waals surface area contributed by atoms with Crippen LogP contribution in [0.4, 0.5) is 13.2 Å². The van der Waals surface area contributed by atoms with Crippen LogP contribution in [0.1, 0.15) is 5.56 Å². The highest BCUT2D eigenvalue weighted by molar-refractivity contribution is 5.83. The van der Waals surface area contributed by atoms with Crippen molar-refractivity contribution in [2.24, 2.45) is 0 Å². The molecule has 0 aliphatic rings. The number of carboxylic acid groups (broad SMARTS) is 1. The van der Waals surface area contributed by atoms with Gasteiger partial charge in [-0.1, -0.05) is 18.2 Å². The van der Waals surface area contributed by atoms with E-state index in [0.29, 0.717) is 5.56 Å². The van der Waals surface area contributed by atoms with Crippen molar-refractivity contribution in [2.45, 2.75) is 6.36 Å². The monoisotopic (exact) mass is 231 g/mol. The number of aliphatic carboxylic acids is 1. The second kappa shape index (κ2) is 4.69. The van der Waals surface area contributed by atoms with Crippen molar-refractivity contribution < 1.29 is 27.8 Å². The summed E-state index contributed by atoms with van der Waals surface area (Å²) < 4.78 is 39.0. The normalized spacial score (nSPS) is 11.7. The molecule has 0 atom stereocenters. The Bertz CT molecular complexity index is 393. The van der Waals surface area contributed by atoms with Crippen LogP contribution in [-0.4, -0.2) is 12.3 Å². The molecule has 0 radical (unpaired) electrons. The number of benzene rings is 1. The van der Waals surface area contributed by atoms with Gasteiger partial charge < -0.3 is 14.6 Å². The fourth-order valence-electron chi connectivity index (χ4n) is 0.945. The first-order valence-electron chi connectivity index (χ1n) is 4.12. The van der Waals surface area contributed by atoms with E-state index in [1.54, 1.807) is 0 Å². The summed E-state index contributed by atoms with van der Waals surface area (Å²) in [5, 5.41) is 10.1. The van der Waals surface area contributed by atoms with Crippen LogP contribution in [-0.2, 0) is 4.79 Å². The first-order chi connectivity index (χ1) is 7.37. The van der Waals surface area contributed by atoms with Gasteiger partial charge in [0.05, 0.1) is 5.97 Å². The predicted molar refractivity (Wildman–Crippen MR) is 47.2 cm³/mol. The number of carbonyl (C=O) groups is 1. The smallest absolute Gasteiger partial charge is 0.545 e. The van der Waals surface area contributed by atoms with E-state index in [9.17, 15) is 23.1 Å². The van der Waals surface area contributed by atoms with E-state index in [2.05, 4.69) is 4.74 Å². The maximum absolute atomic E-state index is 11.8. The standard InChI is InChI=1S/C10H7F3O3/c11-10(12,13)16-8-4-1-7(2-5-8)3-6-9(14)15/h1-6H,(H,14,15)/p-1/b6-3+. The molecule has 6 heteroatoms. The van der Waals surface area contributed by atoms with Crippen molar-refractivity contribution in [1.82, 2.24) is 0 Å². The number of hydrogen-bond donors (Lipinski definition) is 0. The van der Waals surface area contributed by atoms with Gasteiger partial charge in [0.15, 0.2) is 0 Å². The van der Waals surface area contributed by atoms with Crippen LogP contribution in [0.15, 0.2) is 30.3 Å². The van der Waals surface area contributed by atoms with Crippen LogP contribution < -0.4 is 9.84 Å². The molecular formula is C10H6F3O3-. The van der Waals surface area contributed by atoms with Gasteiger partial charge in [-0.05, 0) is 23.8 Å². The molecule has 1 rings (SSSR count). The fraction of sp³-hybridized carbons (Fsp3) is 0.100. The minimum atomic E-state index is -4.73. The Kier molecular flexibility index (Phi) is 3.55. The lowest BCUT2D eigenvalue weighted by Gasteiger charge is -2.08. The van der Waals surface area contributed by atoms with E-state index >= 15 is 0 Å². The molecule has 0 unspecified atom stereocenters. The maximum Gasteiger partial charge on any atom is 0.573 e. The van der Waals surface area contributed by atoms with Crippen LogP contribution in [0.2, 0.25) is 0 Å². The number of alkyl halides is 3. The zero-order valence-corrected chi connectivity index (χ0v) is 7.82. The summed E-state index contributed by atoms with van der Waals surface area (Å²) in [4.78, 5) is 10.1. The lowest BCUT2D eigenvalue weighted by Crippen LogP contribution is -2.18. The lowest BCUT2D eigenvalue weighted by molar-refractivity contribution is -0.297. The SMILES string of the molecule is O=C([O-])/C=C/c1ccc(OC(F)(F)F)cc1. The van der Waals surface area contributed by atoms with Gasteiger partial charge in [0.25, 0.3) is 0 Å². The summed E-state index contributed by atoms with van der Waals surface area (Å²) >= 11 is 0. The molecule has 0 fully saturated rings. The number of carboxylic acids is 1. The van der Waals surface area contributed by atoms with E-state index in [-0.39, 0.29) is 5.75 Å². The van der Waals surface area contributed by atoms with Gasteiger partial charge in [-0.3, -0.25) is 0 Å². The molecule has 16 heavy (non-hydrogen) atoms. The zero-order chi connectivity index (χ0) is 12.2. The van der Waals surface area contributed by atoms with Crippen LogP contribution in [0.25, 0.3) is 6.08 Å². The van der Waals surface area contributed by atoms with Crippen LogP contribution in [0, 0.1) is 0 Å². The second-order valence-corrected chi connectivity index (χ2v) is 2.77. The molecule has 0 aromatic heterocycles. The molecule has 0 heterocycles. The van der Waals surface area contributed by atoms with Gasteiger partial charge in [-0.25, -0.2) is 0 Å². The third kappa shape index (κ3) is 4.50. The number of hydrogen-bond acceptors (Lipinski definition) is 3. The minimum Gasteiger partial charge on any atom is -0.545 e. The van der Waals surface area contributed by atoms with Crippen molar-refractivity contribution in [3.63, 3.8) is 0 Å². The third-order valence-corrected chi connectivity index (χ3v) is 1.53. The molecule has 3 nitrogen and oxygen atoms in total. The predicted octanol–water partition coefficient (Wildman–Crippen LogP) is 1.35. The van der Waals surface area contributed by atoms with Gasteiger partial charge >= 0.3 is 6.36 Å². The second-order valence-electron chi connectivity index (χ2n) is 2.77. The molecule has 86 valence electrons. The Morgan fingerprint density at radius 3 is 2.25 bits per heavy atom. The summed E-state index contributed by atoms with van der Waals surface area (Å²) in [5.74, 6) is -1.74. The molecule has 0 spiro atoms. The fourth-order valence-corrected chi connectivity index (χ4v) is 0.945. The van der Waals surface area contributed by atoms with Gasteiger partial charge in [-0.15, -0.1) is 13.2 Å². The number of rotatable bonds is 3. The van der Waals surface area contributed by atoms with E-state index < -0.39 is 12.3 Å². The molecule has 0 saturated carbocycles. The number of carbonyl (C=O) groups excluding carboxylic acids is 1. The van der Waals surface area contributed by atoms with Crippen LogP contribution in [0.5, 0.6) is 5.75 Å². The van der Waals surface area contributed by atoms with Crippen molar-refractivity contribution >= 4 is 12.0 Å². The summed E-state index contributed by atoms with van der Waals surface area (Å²) in [6, 6.07) is 4.76. The summed E-state index contributed by atoms with van der Waals surface area (Å²) in [7, 11) is 0. The highest BCUT2D eigenvalue weighted by Gasteiger charge is 2.30. The third-order valence-electron chi connectivity index (χ3n) is 1.53. The van der Waals surface area contributed by atoms with Gasteiger partial charge in [0, 0.05) is 0 Å². The first-order valence-corrected chi connectivity index (χ1v) is 4.12. The molecule has 0 amide bonds. The minimum absolute atomic E-state index is 0.363. The first kappa shape index (κ1) is 12.1. The number of halogens is 3. The Hall–Kier alpha value is -1.98. The Balaban J connectivity index is 2.72. The Morgan fingerprint density at radius 1 is 1.25 bits per heavy atom. The van der Waals surface area contributed by atoms with E-state index in [1.165, 1.54) is 18.2 Å². The quantitative estimate of drug-likeness (QED) is 0.738. The molecule has 0 bridgehead atoms. The highest BCUT2D eigenvalue weighted by Crippen LogP contribution is 2.22. The van der Waals surface area contributed by atoms with Crippen molar-refractivity contribution in [1.29, 1.82) is 0 Å².